The van der Waals surface area contributed by atoms with Crippen LogP contribution in [0.4, 0.5) is 0 Å². The molecule has 1 amide bonds. The van der Waals surface area contributed by atoms with Crippen LogP contribution in [0.1, 0.15) is 19.8 Å². The number of hydrogen-bond donors (Lipinski definition) is 0. The van der Waals surface area contributed by atoms with Crippen LogP contribution in [0.25, 0.3) is 10.9 Å². The highest BCUT2D eigenvalue weighted by Crippen LogP contribution is 2.19. The second kappa shape index (κ2) is 7.51. The molecule has 0 N–H and O–H groups in total. The summed E-state index contributed by atoms with van der Waals surface area (Å²) in [5.41, 5.74) is 0.682. The second-order valence-corrected chi connectivity index (χ2v) is 6.26. The fourth-order valence-corrected chi connectivity index (χ4v) is 3.30. The number of esters is 1. The van der Waals surface area contributed by atoms with Crippen LogP contribution in [0.15, 0.2) is 41.3 Å². The van der Waals surface area contributed by atoms with E-state index in [1.165, 1.54) is 6.07 Å². The number of ether oxygens (including phenoxy) is 1. The largest absolute Gasteiger partial charge is 0.466 e. The van der Waals surface area contributed by atoms with Crippen molar-refractivity contribution in [3.8, 4) is 0 Å². The minimum absolute atomic E-state index is 0.0530. The molecule has 0 radical (unpaired) electrons. The molecule has 1 aliphatic rings. The number of benzene rings is 1. The lowest BCUT2D eigenvalue weighted by Crippen LogP contribution is -2.44. The predicted molar refractivity (Wildman–Crippen MR) is 94.1 cm³/mol. The van der Waals surface area contributed by atoms with Crippen molar-refractivity contribution in [1.82, 2.24) is 9.47 Å². The van der Waals surface area contributed by atoms with Crippen molar-refractivity contribution < 1.29 is 14.3 Å². The molecule has 25 heavy (non-hydrogen) atoms. The van der Waals surface area contributed by atoms with Gasteiger partial charge in [-0.15, -0.1) is 0 Å². The fourth-order valence-electron chi connectivity index (χ4n) is 3.30. The number of likely N-dealkylation sites (tertiary alicyclic amines) is 1. The lowest BCUT2D eigenvalue weighted by Gasteiger charge is -2.31. The lowest BCUT2D eigenvalue weighted by molar-refractivity contribution is -0.151. The van der Waals surface area contributed by atoms with E-state index in [9.17, 15) is 14.4 Å². The summed E-state index contributed by atoms with van der Waals surface area (Å²) in [6.07, 6.45) is 3.19. The summed E-state index contributed by atoms with van der Waals surface area (Å²) in [6.45, 7) is 3.33. The first-order valence-electron chi connectivity index (χ1n) is 8.62. The molecule has 0 unspecified atom stereocenters. The van der Waals surface area contributed by atoms with Crippen LogP contribution in [0.3, 0.4) is 0 Å². The summed E-state index contributed by atoms with van der Waals surface area (Å²) in [4.78, 5) is 38.3. The number of piperidine rings is 1. The highest BCUT2D eigenvalue weighted by atomic mass is 16.5. The van der Waals surface area contributed by atoms with Crippen molar-refractivity contribution in [2.24, 2.45) is 5.92 Å². The standard InChI is InChI=1S/C19H22N2O4/c1-2-25-19(24)14-6-5-10-21(12-14)18(23)13-20-11-9-17(22)15-7-3-4-8-16(15)20/h3-4,7-9,11,14H,2,5-6,10,12-13H2,1H3/t14-/m1/s1. The van der Waals surface area contributed by atoms with Gasteiger partial charge in [-0.25, -0.2) is 0 Å². The van der Waals surface area contributed by atoms with Gasteiger partial charge in [0.25, 0.3) is 0 Å². The zero-order valence-electron chi connectivity index (χ0n) is 14.3. The maximum Gasteiger partial charge on any atom is 0.310 e. The van der Waals surface area contributed by atoms with Crippen LogP contribution in [-0.2, 0) is 20.9 Å². The van der Waals surface area contributed by atoms with Gasteiger partial charge in [0.2, 0.25) is 5.91 Å². The monoisotopic (exact) mass is 342 g/mol. The number of para-hydroxylation sites is 1. The zero-order chi connectivity index (χ0) is 17.8. The van der Waals surface area contributed by atoms with E-state index in [1.54, 1.807) is 28.7 Å². The highest BCUT2D eigenvalue weighted by Gasteiger charge is 2.29. The van der Waals surface area contributed by atoms with E-state index in [4.69, 9.17) is 4.74 Å². The number of carbonyl (C=O) groups excluding carboxylic acids is 2. The number of hydrogen-bond acceptors (Lipinski definition) is 4. The van der Waals surface area contributed by atoms with Crippen molar-refractivity contribution in [2.45, 2.75) is 26.3 Å². The van der Waals surface area contributed by atoms with E-state index in [-0.39, 0.29) is 29.8 Å². The van der Waals surface area contributed by atoms with Gasteiger partial charge in [0, 0.05) is 30.7 Å². The molecule has 1 aromatic carbocycles. The van der Waals surface area contributed by atoms with Gasteiger partial charge in [-0.05, 0) is 31.9 Å². The molecule has 2 heterocycles. The van der Waals surface area contributed by atoms with E-state index in [0.717, 1.165) is 18.4 Å². The van der Waals surface area contributed by atoms with Gasteiger partial charge in [0.1, 0.15) is 6.54 Å². The summed E-state index contributed by atoms with van der Waals surface area (Å²) in [5, 5.41) is 0.598. The Labute approximate surface area is 146 Å². The Balaban J connectivity index is 1.75. The summed E-state index contributed by atoms with van der Waals surface area (Å²) in [5.74, 6) is -0.528. The SMILES string of the molecule is CCOC(=O)[C@@H]1CCCN(C(=O)Cn2ccc(=O)c3ccccc32)C1. The Bertz CT molecular complexity index is 843. The second-order valence-electron chi connectivity index (χ2n) is 6.26. The quantitative estimate of drug-likeness (QED) is 0.795. The van der Waals surface area contributed by atoms with Gasteiger partial charge in [0.15, 0.2) is 5.43 Å². The Morgan fingerprint density at radius 2 is 2.04 bits per heavy atom. The van der Waals surface area contributed by atoms with Gasteiger partial charge in [-0.1, -0.05) is 12.1 Å². The average molecular weight is 342 g/mol. The normalized spacial score (nSPS) is 17.5. The van der Waals surface area contributed by atoms with Gasteiger partial charge < -0.3 is 14.2 Å². The van der Waals surface area contributed by atoms with Crippen molar-refractivity contribution in [2.75, 3.05) is 19.7 Å². The number of rotatable bonds is 4. The van der Waals surface area contributed by atoms with Gasteiger partial charge in [-0.2, -0.15) is 0 Å². The van der Waals surface area contributed by atoms with Crippen LogP contribution >= 0.6 is 0 Å². The molecule has 2 aromatic rings. The molecule has 3 rings (SSSR count). The molecule has 6 heteroatoms. The zero-order valence-corrected chi connectivity index (χ0v) is 14.3. The molecular weight excluding hydrogens is 320 g/mol. The summed E-state index contributed by atoms with van der Waals surface area (Å²) < 4.78 is 6.87. The minimum atomic E-state index is -0.247. The maximum atomic E-state index is 12.7. The van der Waals surface area contributed by atoms with E-state index in [2.05, 4.69) is 0 Å². The summed E-state index contributed by atoms with van der Waals surface area (Å²) >= 11 is 0. The number of amides is 1. The number of fused-ring (bicyclic) bond motifs is 1. The first-order valence-corrected chi connectivity index (χ1v) is 8.62. The molecule has 1 fully saturated rings. The van der Waals surface area contributed by atoms with Crippen LogP contribution in [0.2, 0.25) is 0 Å². The molecule has 1 saturated heterocycles. The Kier molecular flexibility index (Phi) is 5.16. The average Bonchev–Trinajstić information content (AvgIpc) is 2.64. The van der Waals surface area contributed by atoms with Gasteiger partial charge >= 0.3 is 5.97 Å². The number of aromatic nitrogens is 1. The summed E-state index contributed by atoms with van der Waals surface area (Å²) in [6, 6.07) is 8.73. The molecule has 0 aliphatic carbocycles. The first-order chi connectivity index (χ1) is 12.1. The fraction of sp³-hybridized carbons (Fsp3) is 0.421. The van der Waals surface area contributed by atoms with E-state index in [0.29, 0.717) is 25.1 Å². The van der Waals surface area contributed by atoms with E-state index >= 15 is 0 Å². The van der Waals surface area contributed by atoms with Crippen molar-refractivity contribution in [3.63, 3.8) is 0 Å². The summed E-state index contributed by atoms with van der Waals surface area (Å²) in [7, 11) is 0. The van der Waals surface area contributed by atoms with E-state index < -0.39 is 0 Å². The Morgan fingerprint density at radius 1 is 1.24 bits per heavy atom. The topological polar surface area (TPSA) is 68.6 Å². The molecule has 1 atom stereocenters. The predicted octanol–water partition coefficient (Wildman–Crippen LogP) is 1.80. The molecule has 0 bridgehead atoms. The highest BCUT2D eigenvalue weighted by molar-refractivity contribution is 5.82. The first kappa shape index (κ1) is 17.2. The number of pyridine rings is 1. The van der Waals surface area contributed by atoms with Crippen LogP contribution in [0.5, 0.6) is 0 Å². The molecular formula is C19H22N2O4. The van der Waals surface area contributed by atoms with Crippen molar-refractivity contribution in [1.29, 1.82) is 0 Å². The third-order valence-electron chi connectivity index (χ3n) is 4.58. The third kappa shape index (κ3) is 3.73. The minimum Gasteiger partial charge on any atom is -0.466 e. The van der Waals surface area contributed by atoms with Crippen LogP contribution in [-0.4, -0.2) is 41.0 Å². The molecule has 0 saturated carbocycles. The van der Waals surface area contributed by atoms with Gasteiger partial charge in [-0.3, -0.25) is 14.4 Å². The molecule has 1 aromatic heterocycles. The number of carbonyl (C=O) groups is 2. The van der Waals surface area contributed by atoms with E-state index in [1.807, 2.05) is 18.2 Å². The van der Waals surface area contributed by atoms with Crippen molar-refractivity contribution in [3.05, 3.63) is 46.8 Å². The number of nitrogens with zero attached hydrogens (tertiary/aromatic N) is 2. The molecule has 1 aliphatic heterocycles. The van der Waals surface area contributed by atoms with Gasteiger partial charge in [0.05, 0.1) is 18.0 Å². The smallest absolute Gasteiger partial charge is 0.310 e. The Hall–Kier alpha value is -2.63. The Morgan fingerprint density at radius 3 is 2.84 bits per heavy atom. The maximum absolute atomic E-state index is 12.7. The lowest BCUT2D eigenvalue weighted by atomic mass is 9.98. The molecule has 132 valence electrons. The molecule has 0 spiro atoms. The molecule has 6 nitrogen and oxygen atoms in total. The van der Waals surface area contributed by atoms with Crippen LogP contribution < -0.4 is 5.43 Å². The van der Waals surface area contributed by atoms with Crippen LogP contribution in [0, 0.1) is 5.92 Å². The third-order valence-corrected chi connectivity index (χ3v) is 4.58. The van der Waals surface area contributed by atoms with Crippen molar-refractivity contribution >= 4 is 22.8 Å².